The number of carbonyl (C=O) groups excluding carboxylic acids is 2. The molecule has 0 unspecified atom stereocenters. The Balaban J connectivity index is 1.47. The lowest BCUT2D eigenvalue weighted by molar-refractivity contribution is 0.0995. The summed E-state index contributed by atoms with van der Waals surface area (Å²) in [5, 5.41) is 5.71. The van der Waals surface area contributed by atoms with Crippen molar-refractivity contribution in [3.8, 4) is 0 Å². The van der Waals surface area contributed by atoms with Gasteiger partial charge in [-0.2, -0.15) is 0 Å². The summed E-state index contributed by atoms with van der Waals surface area (Å²) < 4.78 is 5.08. The van der Waals surface area contributed by atoms with Gasteiger partial charge in [-0.25, -0.2) is 0 Å². The van der Waals surface area contributed by atoms with Crippen LogP contribution >= 0.6 is 0 Å². The lowest BCUT2D eigenvalue weighted by Gasteiger charge is -2.22. The molecule has 0 atom stereocenters. The van der Waals surface area contributed by atoms with Crippen LogP contribution in [-0.2, 0) is 0 Å². The standard InChI is InChI=1S/C25H21N3O3/c1-28(20-8-3-2-4-9-20)22-11-6-5-10-21(22)27-24(29)18-13-15-19(16-14-18)26-25(30)23-12-7-17-31-23/h2-17H,1H3,(H,26,30)(H,27,29). The largest absolute Gasteiger partial charge is 0.459 e. The van der Waals surface area contributed by atoms with Gasteiger partial charge in [0.1, 0.15) is 0 Å². The van der Waals surface area contributed by atoms with Crippen LogP contribution in [0.5, 0.6) is 0 Å². The van der Waals surface area contributed by atoms with Crippen LogP contribution in [0.2, 0.25) is 0 Å². The fourth-order valence-corrected chi connectivity index (χ4v) is 3.16. The number of hydrogen-bond donors (Lipinski definition) is 2. The van der Waals surface area contributed by atoms with Gasteiger partial charge in [-0.05, 0) is 60.7 Å². The second kappa shape index (κ2) is 9.00. The number of hydrogen-bond acceptors (Lipinski definition) is 4. The molecule has 1 aromatic heterocycles. The number of carbonyl (C=O) groups is 2. The summed E-state index contributed by atoms with van der Waals surface area (Å²) in [5.74, 6) is -0.362. The Morgan fingerprint density at radius 2 is 1.45 bits per heavy atom. The van der Waals surface area contributed by atoms with Gasteiger partial charge in [0, 0.05) is 24.0 Å². The van der Waals surface area contributed by atoms with Crippen molar-refractivity contribution in [1.29, 1.82) is 0 Å². The molecule has 0 aliphatic heterocycles. The van der Waals surface area contributed by atoms with E-state index >= 15 is 0 Å². The Hall–Kier alpha value is -4.32. The van der Waals surface area contributed by atoms with Crippen LogP contribution in [0, 0.1) is 0 Å². The summed E-state index contributed by atoms with van der Waals surface area (Å²) in [4.78, 5) is 26.9. The first-order valence-corrected chi connectivity index (χ1v) is 9.76. The maximum absolute atomic E-state index is 12.8. The molecule has 3 aromatic carbocycles. The first-order valence-electron chi connectivity index (χ1n) is 9.76. The molecular formula is C25H21N3O3. The zero-order chi connectivity index (χ0) is 21.6. The monoisotopic (exact) mass is 411 g/mol. The molecule has 0 bridgehead atoms. The first-order chi connectivity index (χ1) is 15.1. The van der Waals surface area contributed by atoms with Crippen LogP contribution in [0.1, 0.15) is 20.9 Å². The Labute approximate surface area is 180 Å². The molecule has 2 N–H and O–H groups in total. The van der Waals surface area contributed by atoms with E-state index in [-0.39, 0.29) is 17.6 Å². The predicted octanol–water partition coefficient (Wildman–Crippen LogP) is 5.55. The van der Waals surface area contributed by atoms with Gasteiger partial charge >= 0.3 is 0 Å². The molecular weight excluding hydrogens is 390 g/mol. The SMILES string of the molecule is CN(c1ccccc1)c1ccccc1NC(=O)c1ccc(NC(=O)c2ccco2)cc1. The topological polar surface area (TPSA) is 74.6 Å². The van der Waals surface area contributed by atoms with E-state index in [9.17, 15) is 9.59 Å². The third kappa shape index (κ3) is 4.64. The molecule has 0 saturated heterocycles. The number of nitrogens with zero attached hydrogens (tertiary/aromatic N) is 1. The lowest BCUT2D eigenvalue weighted by Crippen LogP contribution is -2.17. The minimum Gasteiger partial charge on any atom is -0.459 e. The zero-order valence-corrected chi connectivity index (χ0v) is 16.9. The van der Waals surface area contributed by atoms with Gasteiger partial charge in [0.25, 0.3) is 11.8 Å². The van der Waals surface area contributed by atoms with Gasteiger partial charge in [0.2, 0.25) is 0 Å². The van der Waals surface area contributed by atoms with E-state index in [0.717, 1.165) is 11.4 Å². The van der Waals surface area contributed by atoms with Gasteiger partial charge in [-0.15, -0.1) is 0 Å². The van der Waals surface area contributed by atoms with E-state index in [2.05, 4.69) is 10.6 Å². The Bertz CT molecular complexity index is 1170. The molecule has 6 nitrogen and oxygen atoms in total. The summed E-state index contributed by atoms with van der Waals surface area (Å²) in [6, 6.07) is 27.5. The van der Waals surface area contributed by atoms with Gasteiger partial charge in [-0.1, -0.05) is 30.3 Å². The lowest BCUT2D eigenvalue weighted by atomic mass is 10.1. The smallest absolute Gasteiger partial charge is 0.291 e. The van der Waals surface area contributed by atoms with Crippen molar-refractivity contribution in [3.05, 3.63) is 109 Å². The van der Waals surface area contributed by atoms with Crippen LogP contribution in [0.4, 0.5) is 22.7 Å². The van der Waals surface area contributed by atoms with Gasteiger partial charge in [0.05, 0.1) is 17.6 Å². The molecule has 0 spiro atoms. The second-order valence-electron chi connectivity index (χ2n) is 6.87. The van der Waals surface area contributed by atoms with Crippen molar-refractivity contribution in [1.82, 2.24) is 0 Å². The van der Waals surface area contributed by atoms with E-state index in [1.807, 2.05) is 66.5 Å². The van der Waals surface area contributed by atoms with Crippen LogP contribution < -0.4 is 15.5 Å². The van der Waals surface area contributed by atoms with Crippen LogP contribution in [-0.4, -0.2) is 18.9 Å². The van der Waals surface area contributed by atoms with Crippen molar-refractivity contribution in [2.45, 2.75) is 0 Å². The molecule has 154 valence electrons. The Morgan fingerprint density at radius 1 is 0.742 bits per heavy atom. The van der Waals surface area contributed by atoms with Crippen molar-refractivity contribution in [2.24, 2.45) is 0 Å². The molecule has 6 heteroatoms. The second-order valence-corrected chi connectivity index (χ2v) is 6.87. The number of nitrogens with one attached hydrogen (secondary N) is 2. The number of anilines is 4. The van der Waals surface area contributed by atoms with E-state index in [0.29, 0.717) is 16.9 Å². The third-order valence-corrected chi connectivity index (χ3v) is 4.81. The van der Waals surface area contributed by atoms with Crippen molar-refractivity contribution in [2.75, 3.05) is 22.6 Å². The highest BCUT2D eigenvalue weighted by Crippen LogP contribution is 2.30. The molecule has 1 heterocycles. The highest BCUT2D eigenvalue weighted by molar-refractivity contribution is 6.07. The minimum atomic E-state index is -0.347. The number of para-hydroxylation sites is 3. The average Bonchev–Trinajstić information content (AvgIpc) is 3.35. The van der Waals surface area contributed by atoms with E-state index in [4.69, 9.17) is 4.42 Å². The van der Waals surface area contributed by atoms with Gasteiger partial charge < -0.3 is 20.0 Å². The number of furan rings is 1. The number of benzene rings is 3. The Morgan fingerprint density at radius 3 is 2.16 bits per heavy atom. The summed E-state index contributed by atoms with van der Waals surface area (Å²) >= 11 is 0. The molecule has 4 rings (SSSR count). The highest BCUT2D eigenvalue weighted by atomic mass is 16.3. The summed E-state index contributed by atoms with van der Waals surface area (Å²) in [7, 11) is 1.96. The minimum absolute atomic E-state index is 0.223. The van der Waals surface area contributed by atoms with Crippen LogP contribution in [0.3, 0.4) is 0 Å². The van der Waals surface area contributed by atoms with Crippen LogP contribution in [0.15, 0.2) is 102 Å². The zero-order valence-electron chi connectivity index (χ0n) is 16.9. The quantitative estimate of drug-likeness (QED) is 0.436. The fraction of sp³-hybridized carbons (Fsp3) is 0.0400. The van der Waals surface area contributed by atoms with Crippen molar-refractivity contribution in [3.63, 3.8) is 0 Å². The first kappa shape index (κ1) is 20.0. The maximum atomic E-state index is 12.8. The van der Waals surface area contributed by atoms with Crippen molar-refractivity contribution < 1.29 is 14.0 Å². The summed E-state index contributed by atoms with van der Waals surface area (Å²) in [6.07, 6.45) is 1.44. The third-order valence-electron chi connectivity index (χ3n) is 4.81. The summed E-state index contributed by atoms with van der Waals surface area (Å²) in [5.41, 5.74) is 3.65. The predicted molar refractivity (Wildman–Crippen MR) is 122 cm³/mol. The normalized spacial score (nSPS) is 10.4. The molecule has 0 fully saturated rings. The molecule has 0 aliphatic carbocycles. The highest BCUT2D eigenvalue weighted by Gasteiger charge is 2.13. The van der Waals surface area contributed by atoms with Gasteiger partial charge in [0.15, 0.2) is 5.76 Å². The van der Waals surface area contributed by atoms with E-state index in [1.165, 1.54) is 6.26 Å². The molecule has 0 radical (unpaired) electrons. The molecule has 0 saturated carbocycles. The van der Waals surface area contributed by atoms with E-state index < -0.39 is 0 Å². The maximum Gasteiger partial charge on any atom is 0.291 e. The van der Waals surface area contributed by atoms with Gasteiger partial charge in [-0.3, -0.25) is 9.59 Å². The number of rotatable bonds is 6. The molecule has 31 heavy (non-hydrogen) atoms. The molecule has 4 aromatic rings. The van der Waals surface area contributed by atoms with Crippen LogP contribution in [0.25, 0.3) is 0 Å². The fourth-order valence-electron chi connectivity index (χ4n) is 3.16. The average molecular weight is 411 g/mol. The molecule has 0 aliphatic rings. The molecule has 2 amide bonds. The Kier molecular flexibility index (Phi) is 5.80. The summed E-state index contributed by atoms with van der Waals surface area (Å²) in [6.45, 7) is 0. The van der Waals surface area contributed by atoms with Crippen molar-refractivity contribution >= 4 is 34.6 Å². The number of amides is 2. The van der Waals surface area contributed by atoms with E-state index in [1.54, 1.807) is 36.4 Å².